The minimum atomic E-state index is -0.476. The van der Waals surface area contributed by atoms with Crippen LogP contribution in [0.5, 0.6) is 5.75 Å². The Labute approximate surface area is 232 Å². The number of rotatable bonds is 18. The third-order valence-electron chi connectivity index (χ3n) is 7.47. The molecule has 0 fully saturated rings. The first-order valence-electron chi connectivity index (χ1n) is 14.0. The van der Waals surface area contributed by atoms with Crippen molar-refractivity contribution in [2.45, 2.75) is 64.3 Å². The number of fused-ring (bicyclic) bond motifs is 1. The molecule has 1 unspecified atom stereocenters. The zero-order valence-corrected chi connectivity index (χ0v) is 23.6. The van der Waals surface area contributed by atoms with Crippen molar-refractivity contribution in [2.75, 3.05) is 40.3 Å². The highest BCUT2D eigenvalue weighted by Crippen LogP contribution is 2.32. The number of nitrogens with zero attached hydrogens (tertiary/aromatic N) is 2. The quantitative estimate of drug-likeness (QED) is 0.226. The number of carbonyl (C=O) groups excluding carboxylic acids is 3. The van der Waals surface area contributed by atoms with Gasteiger partial charge in [-0.25, -0.2) is 0 Å². The van der Waals surface area contributed by atoms with Crippen LogP contribution in [0.2, 0.25) is 0 Å². The van der Waals surface area contributed by atoms with Gasteiger partial charge in [0.15, 0.2) is 6.29 Å². The molecule has 1 aliphatic rings. The number of benzene rings is 2. The molecule has 1 aliphatic heterocycles. The van der Waals surface area contributed by atoms with E-state index in [1.165, 1.54) is 11.1 Å². The molecule has 0 saturated carbocycles. The van der Waals surface area contributed by atoms with Crippen LogP contribution in [-0.4, -0.2) is 74.7 Å². The molecule has 0 aromatic heterocycles. The summed E-state index contributed by atoms with van der Waals surface area (Å²) < 4.78 is 12.2. The van der Waals surface area contributed by atoms with Crippen LogP contribution in [0.1, 0.15) is 72.2 Å². The smallest absolute Gasteiger partial charge is 0.237 e. The number of ether oxygens (including phenoxy) is 2. The van der Waals surface area contributed by atoms with Crippen LogP contribution in [0.15, 0.2) is 42.5 Å². The van der Waals surface area contributed by atoms with Crippen LogP contribution < -0.4 is 10.1 Å². The first-order chi connectivity index (χ1) is 19.0. The van der Waals surface area contributed by atoms with E-state index in [-0.39, 0.29) is 18.4 Å². The van der Waals surface area contributed by atoms with Crippen LogP contribution in [0.25, 0.3) is 0 Å². The Morgan fingerprint density at radius 1 is 1.15 bits per heavy atom. The lowest BCUT2D eigenvalue weighted by Gasteiger charge is -2.27. The minimum absolute atomic E-state index is 0.158. The van der Waals surface area contributed by atoms with Gasteiger partial charge in [0.1, 0.15) is 12.0 Å². The second kappa shape index (κ2) is 16.1. The average molecular weight is 538 g/mol. The topological polar surface area (TPSA) is 88.2 Å². The molecule has 0 bridgehead atoms. The van der Waals surface area contributed by atoms with Gasteiger partial charge in [-0.15, -0.1) is 0 Å². The van der Waals surface area contributed by atoms with Gasteiger partial charge in [-0.2, -0.15) is 0 Å². The van der Waals surface area contributed by atoms with Crippen molar-refractivity contribution in [3.63, 3.8) is 0 Å². The molecule has 39 heavy (non-hydrogen) atoms. The van der Waals surface area contributed by atoms with Gasteiger partial charge in [0.05, 0.1) is 25.4 Å². The molecule has 1 amide bonds. The zero-order chi connectivity index (χ0) is 28.0. The van der Waals surface area contributed by atoms with Gasteiger partial charge in [0, 0.05) is 37.7 Å². The van der Waals surface area contributed by atoms with Crippen molar-refractivity contribution in [3.8, 4) is 5.75 Å². The molecule has 0 saturated heterocycles. The Hall–Kier alpha value is -3.07. The summed E-state index contributed by atoms with van der Waals surface area (Å²) in [6, 6.07) is 13.4. The third-order valence-corrected chi connectivity index (χ3v) is 7.47. The minimum Gasteiger partial charge on any atom is -0.493 e. The van der Waals surface area contributed by atoms with Crippen molar-refractivity contribution in [1.29, 1.82) is 0 Å². The molecule has 0 spiro atoms. The molecule has 2 atom stereocenters. The fraction of sp³-hybridized carbons (Fsp3) is 0.516. The number of amides is 1. The van der Waals surface area contributed by atoms with E-state index in [9.17, 15) is 14.4 Å². The van der Waals surface area contributed by atoms with Crippen LogP contribution in [0.3, 0.4) is 0 Å². The molecule has 0 radical (unpaired) electrons. The first-order valence-corrected chi connectivity index (χ1v) is 14.0. The van der Waals surface area contributed by atoms with Gasteiger partial charge in [-0.05, 0) is 63.0 Å². The van der Waals surface area contributed by atoms with E-state index < -0.39 is 6.04 Å². The van der Waals surface area contributed by atoms with Crippen LogP contribution in [0, 0.1) is 0 Å². The van der Waals surface area contributed by atoms with Crippen LogP contribution in [-0.2, 0) is 27.5 Å². The molecule has 212 valence electrons. The zero-order valence-electron chi connectivity index (χ0n) is 23.6. The van der Waals surface area contributed by atoms with Crippen molar-refractivity contribution in [1.82, 2.24) is 15.1 Å². The number of hydrogen-bond donors (Lipinski definition) is 1. The van der Waals surface area contributed by atoms with Gasteiger partial charge < -0.3 is 24.5 Å². The van der Waals surface area contributed by atoms with Crippen molar-refractivity contribution in [3.05, 3.63) is 64.7 Å². The SMILES string of the molecule is CCN(CCCCOc1cccc(C=O)c1CN(C)C(CCC=O)C(=O)NC)CC[C@H]1OCc2ccccc21. The number of unbranched alkanes of at least 4 members (excludes halogenated alkanes) is 1. The largest absolute Gasteiger partial charge is 0.493 e. The van der Waals surface area contributed by atoms with E-state index in [1.807, 2.05) is 24.1 Å². The van der Waals surface area contributed by atoms with E-state index in [2.05, 4.69) is 41.4 Å². The number of carbonyl (C=O) groups is 3. The Morgan fingerprint density at radius 2 is 1.97 bits per heavy atom. The van der Waals surface area contributed by atoms with Crippen molar-refractivity contribution >= 4 is 18.5 Å². The predicted octanol–water partition coefficient (Wildman–Crippen LogP) is 4.17. The van der Waals surface area contributed by atoms with E-state index >= 15 is 0 Å². The Bertz CT molecular complexity index is 1080. The van der Waals surface area contributed by atoms with E-state index in [4.69, 9.17) is 9.47 Å². The maximum absolute atomic E-state index is 12.4. The lowest BCUT2D eigenvalue weighted by Crippen LogP contribution is -2.43. The summed E-state index contributed by atoms with van der Waals surface area (Å²) in [6.45, 7) is 6.77. The monoisotopic (exact) mass is 537 g/mol. The summed E-state index contributed by atoms with van der Waals surface area (Å²) in [7, 11) is 3.41. The van der Waals surface area contributed by atoms with Crippen molar-refractivity contribution in [2.24, 2.45) is 0 Å². The van der Waals surface area contributed by atoms with Gasteiger partial charge >= 0.3 is 0 Å². The lowest BCUT2D eigenvalue weighted by molar-refractivity contribution is -0.126. The molecule has 1 N–H and O–H groups in total. The Balaban J connectivity index is 1.49. The fourth-order valence-electron chi connectivity index (χ4n) is 5.15. The summed E-state index contributed by atoms with van der Waals surface area (Å²) in [5, 5.41) is 2.67. The summed E-state index contributed by atoms with van der Waals surface area (Å²) >= 11 is 0. The molecular formula is C31H43N3O5. The summed E-state index contributed by atoms with van der Waals surface area (Å²) in [5.41, 5.74) is 3.92. The van der Waals surface area contributed by atoms with Gasteiger partial charge in [-0.1, -0.05) is 43.3 Å². The highest BCUT2D eigenvalue weighted by molar-refractivity contribution is 5.82. The summed E-state index contributed by atoms with van der Waals surface area (Å²) in [4.78, 5) is 39.4. The van der Waals surface area contributed by atoms with Crippen molar-refractivity contribution < 1.29 is 23.9 Å². The number of likely N-dealkylation sites (N-methyl/N-ethyl adjacent to an activating group) is 2. The van der Waals surface area contributed by atoms with E-state index in [1.54, 1.807) is 13.1 Å². The van der Waals surface area contributed by atoms with Gasteiger partial charge in [0.2, 0.25) is 5.91 Å². The van der Waals surface area contributed by atoms with Crippen LogP contribution >= 0.6 is 0 Å². The maximum Gasteiger partial charge on any atom is 0.237 e. The second-order valence-corrected chi connectivity index (χ2v) is 10.0. The molecule has 1 heterocycles. The Morgan fingerprint density at radius 3 is 2.72 bits per heavy atom. The molecule has 3 rings (SSSR count). The third kappa shape index (κ3) is 8.71. The number of hydrogen-bond acceptors (Lipinski definition) is 7. The van der Waals surface area contributed by atoms with E-state index in [0.29, 0.717) is 37.5 Å². The molecule has 2 aromatic carbocycles. The van der Waals surface area contributed by atoms with E-state index in [0.717, 1.165) is 57.0 Å². The second-order valence-electron chi connectivity index (χ2n) is 10.0. The lowest BCUT2D eigenvalue weighted by atomic mass is 10.0. The number of nitrogens with one attached hydrogen (secondary N) is 1. The molecule has 2 aromatic rings. The molecule has 0 aliphatic carbocycles. The Kier molecular flexibility index (Phi) is 12.6. The fourth-order valence-corrected chi connectivity index (χ4v) is 5.15. The predicted molar refractivity (Wildman–Crippen MR) is 152 cm³/mol. The van der Waals surface area contributed by atoms with Crippen LogP contribution in [0.4, 0.5) is 0 Å². The molecule has 8 nitrogen and oxygen atoms in total. The normalized spacial score (nSPS) is 15.3. The summed E-state index contributed by atoms with van der Waals surface area (Å²) in [5.74, 6) is 0.497. The highest BCUT2D eigenvalue weighted by atomic mass is 16.5. The maximum atomic E-state index is 12.4. The summed E-state index contributed by atoms with van der Waals surface area (Å²) in [6.07, 6.45) is 5.40. The highest BCUT2D eigenvalue weighted by Gasteiger charge is 2.24. The van der Waals surface area contributed by atoms with Gasteiger partial charge in [0.25, 0.3) is 0 Å². The molecular weight excluding hydrogens is 494 g/mol. The molecule has 8 heteroatoms. The van der Waals surface area contributed by atoms with Gasteiger partial charge in [-0.3, -0.25) is 14.5 Å². The number of aldehydes is 2. The first kappa shape index (κ1) is 30.5. The average Bonchev–Trinajstić information content (AvgIpc) is 3.38. The standard InChI is InChI=1S/C31H43N3O5/c1-4-34(18-16-30-26-13-6-5-11-25(26)23-39-30)17-7-8-20-38-29-15-9-12-24(22-36)27(29)21-33(3)28(14-10-19-35)31(37)32-2/h5-6,9,11-13,15,19,22,28,30H,4,7-8,10,14,16-18,20-21,23H2,1-3H3,(H,32,37)/t28?,30-/m1/s1.